The van der Waals surface area contributed by atoms with Gasteiger partial charge in [-0.3, -0.25) is 9.59 Å². The Morgan fingerprint density at radius 2 is 1.88 bits per heavy atom. The number of hydrogen-bond donors (Lipinski definition) is 2. The van der Waals surface area contributed by atoms with Gasteiger partial charge in [0.2, 0.25) is 11.8 Å². The van der Waals surface area contributed by atoms with Gasteiger partial charge in [0.1, 0.15) is 11.6 Å². The second-order valence-corrected chi connectivity index (χ2v) is 6.40. The van der Waals surface area contributed by atoms with Crippen LogP contribution in [0, 0.1) is 5.92 Å². The zero-order chi connectivity index (χ0) is 18.5. The first-order valence-electron chi connectivity index (χ1n) is 8.56. The number of carboxylic acid groups (broad SMARTS) is 1. The summed E-state index contributed by atoms with van der Waals surface area (Å²) < 4.78 is 0. The molecular formula is C16H27BN3O4Y-. The summed E-state index contributed by atoms with van der Waals surface area (Å²) in [6.07, 6.45) is 2.15. The van der Waals surface area contributed by atoms with Gasteiger partial charge in [-0.2, -0.15) is 0 Å². The number of carboxylic acids is 1. The Kier molecular flexibility index (Phi) is 10.4. The van der Waals surface area contributed by atoms with Crippen molar-refractivity contribution in [1.82, 2.24) is 10.2 Å². The Morgan fingerprint density at radius 1 is 1.32 bits per heavy atom. The first-order chi connectivity index (χ1) is 11.3. The summed E-state index contributed by atoms with van der Waals surface area (Å²) in [7, 11) is 5.17. The van der Waals surface area contributed by atoms with E-state index >= 15 is 0 Å². The van der Waals surface area contributed by atoms with Crippen molar-refractivity contribution >= 4 is 25.8 Å². The minimum atomic E-state index is -1.17. The molecule has 2 fully saturated rings. The molecule has 9 heteroatoms. The summed E-state index contributed by atoms with van der Waals surface area (Å²) in [6, 6.07) is -1.36. The zero-order valence-corrected chi connectivity index (χ0v) is 18.3. The Labute approximate surface area is 176 Å². The molecular weight excluding hydrogens is 398 g/mol. The third kappa shape index (κ3) is 5.50. The molecule has 0 bridgehead atoms. The first kappa shape index (κ1) is 24.5. The normalized spacial score (nSPS) is 24.7. The molecule has 1 heterocycles. The van der Waals surface area contributed by atoms with Crippen molar-refractivity contribution in [3.63, 3.8) is 0 Å². The molecule has 1 aliphatic carbocycles. The van der Waals surface area contributed by atoms with Crippen LogP contribution in [0.1, 0.15) is 53.4 Å². The van der Waals surface area contributed by atoms with Crippen LogP contribution in [0.15, 0.2) is 0 Å². The van der Waals surface area contributed by atoms with Gasteiger partial charge in [-0.25, -0.2) is 4.79 Å². The quantitative estimate of drug-likeness (QED) is 0.647. The molecule has 25 heavy (non-hydrogen) atoms. The molecule has 3 atom stereocenters. The Hall–Kier alpha value is -0.461. The standard InChI is InChI=1S/C14H21BN3O4.C2H6.Y/c1-8-6-10(18(7-8)12(20)9(2)17-15)11(19)16-14(13(21)22)4-3-5-14;1-2;/h8-10H,3-7H2,1-2H3,(H,16,19)(H,21,22);1-2H3;/q-1;;/t8-,9+,10+;;/m1../s1. The molecule has 3 radical (unpaired) electrons. The molecule has 2 N–H and O–H groups in total. The molecule has 0 aromatic heterocycles. The summed E-state index contributed by atoms with van der Waals surface area (Å²) in [6.45, 7) is 7.98. The van der Waals surface area contributed by atoms with Crippen LogP contribution in [0.25, 0.3) is 5.23 Å². The monoisotopic (exact) mass is 425 g/mol. The van der Waals surface area contributed by atoms with Crippen molar-refractivity contribution in [2.24, 2.45) is 5.92 Å². The van der Waals surface area contributed by atoms with E-state index in [2.05, 4.69) is 10.5 Å². The maximum atomic E-state index is 12.5. The van der Waals surface area contributed by atoms with Gasteiger partial charge in [-0.05, 0) is 31.6 Å². The van der Waals surface area contributed by atoms with Crippen LogP contribution in [-0.4, -0.2) is 59.9 Å². The fraction of sp³-hybridized carbons (Fsp3) is 0.812. The van der Waals surface area contributed by atoms with E-state index in [9.17, 15) is 19.5 Å². The SMILES string of the molecule is CC.[B][N-][C@@H](C)C(=O)N1C[C@H](C)C[C@H]1C(=O)NC1(C(=O)O)CCC1.[Y]. The van der Waals surface area contributed by atoms with E-state index in [1.54, 1.807) is 6.92 Å². The predicted molar refractivity (Wildman–Crippen MR) is 91.6 cm³/mol. The number of carbonyl (C=O) groups is 3. The minimum absolute atomic E-state index is 0. The third-order valence-corrected chi connectivity index (χ3v) is 4.66. The number of carbonyl (C=O) groups excluding carboxylic acids is 2. The van der Waals surface area contributed by atoms with Crippen LogP contribution in [0.4, 0.5) is 0 Å². The van der Waals surface area contributed by atoms with Crippen LogP contribution in [0.3, 0.4) is 0 Å². The summed E-state index contributed by atoms with van der Waals surface area (Å²) in [5.74, 6) is -1.54. The second kappa shape index (κ2) is 10.6. The average Bonchev–Trinajstić information content (AvgIpc) is 2.92. The minimum Gasteiger partial charge on any atom is -0.690 e. The van der Waals surface area contributed by atoms with Gasteiger partial charge in [0.25, 0.3) is 0 Å². The molecule has 0 aromatic rings. The summed E-state index contributed by atoms with van der Waals surface area (Å²) in [5.41, 5.74) is -1.17. The molecule has 1 saturated heterocycles. The van der Waals surface area contributed by atoms with Crippen molar-refractivity contribution in [2.45, 2.75) is 71.0 Å². The fourth-order valence-electron chi connectivity index (χ4n) is 3.08. The molecule has 2 aliphatic rings. The fourth-order valence-corrected chi connectivity index (χ4v) is 3.08. The van der Waals surface area contributed by atoms with E-state index in [0.29, 0.717) is 25.8 Å². The van der Waals surface area contributed by atoms with Crippen LogP contribution < -0.4 is 5.32 Å². The van der Waals surface area contributed by atoms with Crippen molar-refractivity contribution in [3.05, 3.63) is 5.23 Å². The van der Waals surface area contributed by atoms with Crippen molar-refractivity contribution < 1.29 is 52.2 Å². The summed E-state index contributed by atoms with van der Waals surface area (Å²) in [5, 5.41) is 15.4. The molecule has 1 saturated carbocycles. The molecule has 0 spiro atoms. The molecule has 1 aliphatic heterocycles. The van der Waals surface area contributed by atoms with Crippen LogP contribution in [0.2, 0.25) is 0 Å². The maximum absolute atomic E-state index is 12.5. The Bertz CT molecular complexity index is 488. The van der Waals surface area contributed by atoms with Gasteiger partial charge in [0.15, 0.2) is 0 Å². The van der Waals surface area contributed by atoms with Gasteiger partial charge in [0, 0.05) is 39.3 Å². The van der Waals surface area contributed by atoms with E-state index in [1.807, 2.05) is 20.8 Å². The number of hydrogen-bond acceptors (Lipinski definition) is 3. The zero-order valence-electron chi connectivity index (χ0n) is 15.5. The number of likely N-dealkylation sites (tertiary alicyclic amines) is 1. The molecule has 7 nitrogen and oxygen atoms in total. The largest absolute Gasteiger partial charge is 0.690 e. The maximum Gasteiger partial charge on any atom is 0.329 e. The number of nitrogens with one attached hydrogen (secondary N) is 1. The van der Waals surface area contributed by atoms with Gasteiger partial charge < -0.3 is 20.6 Å². The van der Waals surface area contributed by atoms with Gasteiger partial charge in [0.05, 0.1) is 0 Å². The number of nitrogens with zero attached hydrogens (tertiary/aromatic N) is 2. The molecule has 137 valence electrons. The third-order valence-electron chi connectivity index (χ3n) is 4.66. The predicted octanol–water partition coefficient (Wildman–Crippen LogP) is 1.22. The topological polar surface area (TPSA) is 101 Å². The Morgan fingerprint density at radius 3 is 2.28 bits per heavy atom. The van der Waals surface area contributed by atoms with E-state index in [-0.39, 0.29) is 44.5 Å². The van der Waals surface area contributed by atoms with Gasteiger partial charge in [-0.1, -0.05) is 33.7 Å². The van der Waals surface area contributed by atoms with E-state index in [0.717, 1.165) is 6.42 Å². The van der Waals surface area contributed by atoms with Crippen LogP contribution >= 0.6 is 0 Å². The van der Waals surface area contributed by atoms with E-state index in [4.69, 9.17) is 7.98 Å². The number of amides is 2. The Balaban J connectivity index is 0.00000185. The smallest absolute Gasteiger partial charge is 0.329 e. The molecule has 2 amide bonds. The number of aliphatic carboxylic acids is 1. The first-order valence-corrected chi connectivity index (χ1v) is 8.56. The van der Waals surface area contributed by atoms with Gasteiger partial charge in [-0.15, -0.1) is 7.98 Å². The number of rotatable bonds is 5. The van der Waals surface area contributed by atoms with Crippen molar-refractivity contribution in [3.8, 4) is 0 Å². The van der Waals surface area contributed by atoms with E-state index < -0.39 is 29.5 Å². The van der Waals surface area contributed by atoms with E-state index in [1.165, 1.54) is 4.90 Å². The van der Waals surface area contributed by atoms with Gasteiger partial charge >= 0.3 is 5.97 Å². The second-order valence-electron chi connectivity index (χ2n) is 6.40. The molecule has 0 unspecified atom stereocenters. The van der Waals surface area contributed by atoms with Crippen molar-refractivity contribution in [2.75, 3.05) is 6.54 Å². The van der Waals surface area contributed by atoms with Crippen LogP contribution in [-0.2, 0) is 47.1 Å². The molecule has 0 aromatic carbocycles. The average molecular weight is 425 g/mol. The van der Waals surface area contributed by atoms with Crippen molar-refractivity contribution in [1.29, 1.82) is 0 Å². The van der Waals surface area contributed by atoms with Crippen LogP contribution in [0.5, 0.6) is 0 Å². The summed E-state index contributed by atoms with van der Waals surface area (Å²) >= 11 is 0. The molecule has 2 rings (SSSR count). The summed E-state index contributed by atoms with van der Waals surface area (Å²) in [4.78, 5) is 37.6.